The van der Waals surface area contributed by atoms with E-state index in [0.717, 1.165) is 0 Å². The van der Waals surface area contributed by atoms with Crippen LogP contribution < -0.4 is 14.8 Å². The van der Waals surface area contributed by atoms with Crippen LogP contribution in [0.5, 0.6) is 11.6 Å². The number of nitrogens with zero attached hydrogens (tertiary/aromatic N) is 2. The monoisotopic (exact) mass is 313 g/mol. The van der Waals surface area contributed by atoms with Crippen molar-refractivity contribution in [1.82, 2.24) is 9.97 Å². The molecule has 118 valence electrons. The van der Waals surface area contributed by atoms with Crippen LogP contribution in [0.25, 0.3) is 0 Å². The van der Waals surface area contributed by atoms with Gasteiger partial charge < -0.3 is 14.8 Å². The van der Waals surface area contributed by atoms with Crippen LogP contribution in [0.15, 0.2) is 30.5 Å². The third-order valence-corrected chi connectivity index (χ3v) is 2.67. The molecule has 0 amide bonds. The first-order chi connectivity index (χ1) is 10.4. The van der Waals surface area contributed by atoms with Crippen molar-refractivity contribution >= 4 is 11.6 Å². The molecule has 0 fully saturated rings. The Kier molecular flexibility index (Phi) is 4.69. The second kappa shape index (κ2) is 6.50. The number of nitrogens with one attached hydrogen (secondary N) is 1. The quantitative estimate of drug-likeness (QED) is 0.913. The van der Waals surface area contributed by atoms with Crippen molar-refractivity contribution in [1.29, 1.82) is 0 Å². The maximum Gasteiger partial charge on any atom is 0.423 e. The number of anilines is 2. The molecule has 1 aromatic heterocycles. The zero-order chi connectivity index (χ0) is 16.2. The maximum absolute atomic E-state index is 12.8. The molecule has 0 radical (unpaired) electrons. The Morgan fingerprint density at radius 1 is 1.27 bits per heavy atom. The van der Waals surface area contributed by atoms with E-state index in [1.807, 2.05) is 0 Å². The minimum atomic E-state index is -4.57. The molecule has 2 rings (SSSR count). The molecule has 1 N–H and O–H groups in total. The topological polar surface area (TPSA) is 56.3 Å². The molecule has 5 nitrogen and oxygen atoms in total. The Balaban J connectivity index is 2.30. The Morgan fingerprint density at radius 2 is 2.05 bits per heavy atom. The number of alkyl halides is 3. The highest BCUT2D eigenvalue weighted by Crippen LogP contribution is 2.35. The van der Waals surface area contributed by atoms with Crippen LogP contribution in [-0.2, 0) is 6.18 Å². The average Bonchev–Trinajstić information content (AvgIpc) is 2.47. The molecular formula is C14H14F3N3O2. The highest BCUT2D eigenvalue weighted by Gasteiger charge is 2.36. The normalized spacial score (nSPS) is 11.1. The molecule has 0 saturated heterocycles. The van der Waals surface area contributed by atoms with Crippen molar-refractivity contribution in [2.45, 2.75) is 13.1 Å². The zero-order valence-corrected chi connectivity index (χ0v) is 11.9. The molecule has 0 aliphatic rings. The molecule has 0 bridgehead atoms. The highest BCUT2D eigenvalue weighted by molar-refractivity contribution is 5.56. The van der Waals surface area contributed by atoms with Crippen LogP contribution in [0.4, 0.5) is 24.8 Å². The van der Waals surface area contributed by atoms with Gasteiger partial charge in [-0.25, -0.2) is 4.98 Å². The highest BCUT2D eigenvalue weighted by atomic mass is 19.4. The minimum absolute atomic E-state index is 0.00435. The fourth-order valence-electron chi connectivity index (χ4n) is 1.70. The summed E-state index contributed by atoms with van der Waals surface area (Å²) in [6, 6.07) is 6.85. The average molecular weight is 313 g/mol. The summed E-state index contributed by atoms with van der Waals surface area (Å²) >= 11 is 0. The SMILES string of the molecule is CCOc1nc(Nc2cccc(OC)c2)ncc1C(F)(F)F. The molecule has 8 heteroatoms. The van der Waals surface area contributed by atoms with E-state index in [-0.39, 0.29) is 12.6 Å². The summed E-state index contributed by atoms with van der Waals surface area (Å²) in [7, 11) is 1.51. The molecule has 2 aromatic rings. The molecule has 0 unspecified atom stereocenters. The van der Waals surface area contributed by atoms with Gasteiger partial charge >= 0.3 is 6.18 Å². The van der Waals surface area contributed by atoms with E-state index in [1.165, 1.54) is 7.11 Å². The van der Waals surface area contributed by atoms with Gasteiger partial charge in [0.1, 0.15) is 11.3 Å². The van der Waals surface area contributed by atoms with Crippen LogP contribution >= 0.6 is 0 Å². The van der Waals surface area contributed by atoms with Gasteiger partial charge in [0.25, 0.3) is 0 Å². The Hall–Kier alpha value is -2.51. The van der Waals surface area contributed by atoms with Crippen molar-refractivity contribution in [3.05, 3.63) is 36.0 Å². The van der Waals surface area contributed by atoms with Gasteiger partial charge in [0, 0.05) is 18.0 Å². The summed E-state index contributed by atoms with van der Waals surface area (Å²) in [5, 5.41) is 2.81. The Labute approximate surface area is 125 Å². The van der Waals surface area contributed by atoms with E-state index in [4.69, 9.17) is 9.47 Å². The fraction of sp³-hybridized carbons (Fsp3) is 0.286. The predicted octanol–water partition coefficient (Wildman–Crippen LogP) is 3.65. The Morgan fingerprint density at radius 3 is 2.68 bits per heavy atom. The van der Waals surface area contributed by atoms with Crippen LogP contribution in [-0.4, -0.2) is 23.7 Å². The molecule has 0 atom stereocenters. The standard InChI is InChI=1S/C14H14F3N3O2/c1-3-22-12-11(14(15,16)17)8-18-13(20-12)19-9-5-4-6-10(7-9)21-2/h4-8H,3H2,1-2H3,(H,18,19,20). The van der Waals surface area contributed by atoms with Crippen LogP contribution in [0.1, 0.15) is 12.5 Å². The molecule has 0 saturated carbocycles. The number of benzene rings is 1. The number of aromatic nitrogens is 2. The van der Waals surface area contributed by atoms with E-state index in [0.29, 0.717) is 17.6 Å². The molecular weight excluding hydrogens is 299 g/mol. The third-order valence-electron chi connectivity index (χ3n) is 2.67. The molecule has 0 spiro atoms. The second-order valence-corrected chi connectivity index (χ2v) is 4.20. The van der Waals surface area contributed by atoms with Gasteiger partial charge in [0.2, 0.25) is 11.8 Å². The summed E-state index contributed by atoms with van der Waals surface area (Å²) in [6.45, 7) is 1.65. The molecule has 22 heavy (non-hydrogen) atoms. The van der Waals surface area contributed by atoms with Crippen molar-refractivity contribution in [2.24, 2.45) is 0 Å². The number of hydrogen-bond donors (Lipinski definition) is 1. The first-order valence-corrected chi connectivity index (χ1v) is 6.42. The first-order valence-electron chi connectivity index (χ1n) is 6.42. The molecule has 0 aliphatic carbocycles. The molecule has 1 heterocycles. The van der Waals surface area contributed by atoms with Gasteiger partial charge in [-0.2, -0.15) is 18.2 Å². The smallest absolute Gasteiger partial charge is 0.423 e. The van der Waals surface area contributed by atoms with Crippen molar-refractivity contribution in [2.75, 3.05) is 19.0 Å². The lowest BCUT2D eigenvalue weighted by atomic mass is 10.3. The van der Waals surface area contributed by atoms with Crippen molar-refractivity contribution in [3.8, 4) is 11.6 Å². The van der Waals surface area contributed by atoms with Gasteiger partial charge in [0.05, 0.1) is 13.7 Å². The van der Waals surface area contributed by atoms with E-state index >= 15 is 0 Å². The first kappa shape index (κ1) is 15.9. The van der Waals surface area contributed by atoms with E-state index in [9.17, 15) is 13.2 Å². The van der Waals surface area contributed by atoms with Crippen LogP contribution in [0.3, 0.4) is 0 Å². The Bertz CT molecular complexity index is 647. The van der Waals surface area contributed by atoms with Gasteiger partial charge in [-0.1, -0.05) is 6.07 Å². The van der Waals surface area contributed by atoms with E-state index in [1.54, 1.807) is 31.2 Å². The van der Waals surface area contributed by atoms with Gasteiger partial charge in [0.15, 0.2) is 0 Å². The van der Waals surface area contributed by atoms with Gasteiger partial charge in [-0.3, -0.25) is 0 Å². The van der Waals surface area contributed by atoms with E-state index in [2.05, 4.69) is 15.3 Å². The molecule has 0 aliphatic heterocycles. The zero-order valence-electron chi connectivity index (χ0n) is 11.9. The summed E-state index contributed by atoms with van der Waals surface area (Å²) in [6.07, 6.45) is -3.88. The summed E-state index contributed by atoms with van der Waals surface area (Å²) in [5.74, 6) is 0.0991. The number of hydrogen-bond acceptors (Lipinski definition) is 5. The lowest BCUT2D eigenvalue weighted by Gasteiger charge is -2.13. The number of halogens is 3. The largest absolute Gasteiger partial charge is 0.497 e. The van der Waals surface area contributed by atoms with Crippen molar-refractivity contribution < 1.29 is 22.6 Å². The van der Waals surface area contributed by atoms with Crippen molar-refractivity contribution in [3.63, 3.8) is 0 Å². The summed E-state index contributed by atoms with van der Waals surface area (Å²) < 4.78 is 48.5. The number of ether oxygens (including phenoxy) is 2. The second-order valence-electron chi connectivity index (χ2n) is 4.20. The van der Waals surface area contributed by atoms with Crippen LogP contribution in [0, 0.1) is 0 Å². The molecule has 1 aromatic carbocycles. The predicted molar refractivity (Wildman–Crippen MR) is 74.5 cm³/mol. The van der Waals surface area contributed by atoms with Gasteiger partial charge in [-0.05, 0) is 19.1 Å². The number of methoxy groups -OCH3 is 1. The third kappa shape index (κ3) is 3.78. The lowest BCUT2D eigenvalue weighted by Crippen LogP contribution is -2.12. The number of rotatable bonds is 5. The van der Waals surface area contributed by atoms with E-state index < -0.39 is 17.6 Å². The summed E-state index contributed by atoms with van der Waals surface area (Å²) in [5.41, 5.74) is -0.424. The summed E-state index contributed by atoms with van der Waals surface area (Å²) in [4.78, 5) is 7.45. The van der Waals surface area contributed by atoms with Crippen LogP contribution in [0.2, 0.25) is 0 Å². The fourth-order valence-corrected chi connectivity index (χ4v) is 1.70. The minimum Gasteiger partial charge on any atom is -0.497 e. The van der Waals surface area contributed by atoms with Gasteiger partial charge in [-0.15, -0.1) is 0 Å². The lowest BCUT2D eigenvalue weighted by molar-refractivity contribution is -0.139. The maximum atomic E-state index is 12.8.